The van der Waals surface area contributed by atoms with Gasteiger partial charge >= 0.3 is 0 Å². The summed E-state index contributed by atoms with van der Waals surface area (Å²) in [6, 6.07) is 1.37. The van der Waals surface area contributed by atoms with E-state index in [9.17, 15) is 0 Å². The van der Waals surface area contributed by atoms with Gasteiger partial charge in [0.1, 0.15) is 0 Å². The highest BCUT2D eigenvalue weighted by molar-refractivity contribution is 4.92. The van der Waals surface area contributed by atoms with Crippen LogP contribution >= 0.6 is 0 Å². The molecule has 0 bridgehead atoms. The summed E-state index contributed by atoms with van der Waals surface area (Å²) in [6.45, 7) is 12.8. The molecule has 1 saturated carbocycles. The third-order valence-electron chi connectivity index (χ3n) is 5.64. The van der Waals surface area contributed by atoms with Crippen molar-refractivity contribution >= 4 is 0 Å². The Bertz CT molecular complexity index is 309. The van der Waals surface area contributed by atoms with Crippen LogP contribution in [-0.2, 0) is 4.74 Å². The second kappa shape index (κ2) is 6.36. The fraction of sp³-hybridized carbons (Fsp3) is 1.00. The van der Waals surface area contributed by atoms with Crippen molar-refractivity contribution in [2.24, 2.45) is 11.3 Å². The number of nitrogens with one attached hydrogen (secondary N) is 1. The van der Waals surface area contributed by atoms with Crippen LogP contribution in [0.1, 0.15) is 79.6 Å². The maximum atomic E-state index is 6.11. The molecule has 0 aromatic carbocycles. The van der Waals surface area contributed by atoms with Gasteiger partial charge in [0.2, 0.25) is 0 Å². The SMILES string of the molecule is CCC1(CC)CC(NC2CC(C)CC(C)(C)C2)CCO1. The van der Waals surface area contributed by atoms with Crippen LogP contribution in [0.4, 0.5) is 0 Å². The minimum Gasteiger partial charge on any atom is -0.375 e. The van der Waals surface area contributed by atoms with E-state index in [1.54, 1.807) is 0 Å². The normalized spacial score (nSPS) is 36.8. The van der Waals surface area contributed by atoms with E-state index >= 15 is 0 Å². The van der Waals surface area contributed by atoms with Crippen LogP contribution in [0.2, 0.25) is 0 Å². The Kier molecular flexibility index (Phi) is 5.18. The van der Waals surface area contributed by atoms with Crippen molar-refractivity contribution in [1.82, 2.24) is 5.32 Å². The molecule has 2 aliphatic rings. The summed E-state index contributed by atoms with van der Waals surface area (Å²) in [7, 11) is 0. The molecule has 2 heteroatoms. The average Bonchev–Trinajstić information content (AvgIpc) is 2.36. The molecule has 0 spiro atoms. The molecule has 1 N–H and O–H groups in total. The molecule has 2 rings (SSSR count). The topological polar surface area (TPSA) is 21.3 Å². The molecule has 3 unspecified atom stereocenters. The van der Waals surface area contributed by atoms with Crippen LogP contribution in [0, 0.1) is 11.3 Å². The van der Waals surface area contributed by atoms with Crippen LogP contribution in [0.5, 0.6) is 0 Å². The van der Waals surface area contributed by atoms with Crippen molar-refractivity contribution in [3.63, 3.8) is 0 Å². The maximum Gasteiger partial charge on any atom is 0.0692 e. The van der Waals surface area contributed by atoms with E-state index in [-0.39, 0.29) is 5.60 Å². The van der Waals surface area contributed by atoms with Gasteiger partial charge in [0.25, 0.3) is 0 Å². The first-order valence-electron chi connectivity index (χ1n) is 8.78. The Morgan fingerprint density at radius 2 is 1.75 bits per heavy atom. The Labute approximate surface area is 126 Å². The van der Waals surface area contributed by atoms with Gasteiger partial charge < -0.3 is 10.1 Å². The minimum atomic E-state index is 0.145. The molecule has 118 valence electrons. The minimum absolute atomic E-state index is 0.145. The van der Waals surface area contributed by atoms with Crippen LogP contribution in [0.3, 0.4) is 0 Å². The van der Waals surface area contributed by atoms with E-state index in [1.807, 2.05) is 0 Å². The van der Waals surface area contributed by atoms with Crippen molar-refractivity contribution in [1.29, 1.82) is 0 Å². The summed E-state index contributed by atoms with van der Waals surface area (Å²) >= 11 is 0. The Morgan fingerprint density at radius 1 is 1.05 bits per heavy atom. The summed E-state index contributed by atoms with van der Waals surface area (Å²) in [5.74, 6) is 0.859. The summed E-state index contributed by atoms with van der Waals surface area (Å²) < 4.78 is 6.11. The Morgan fingerprint density at radius 3 is 2.35 bits per heavy atom. The predicted molar refractivity (Wildman–Crippen MR) is 86.0 cm³/mol. The number of rotatable bonds is 4. The third kappa shape index (κ3) is 3.98. The lowest BCUT2D eigenvalue weighted by Gasteiger charge is -2.44. The first kappa shape index (κ1) is 16.3. The molecule has 0 aromatic rings. The molecule has 3 atom stereocenters. The van der Waals surface area contributed by atoms with Gasteiger partial charge in [-0.15, -0.1) is 0 Å². The van der Waals surface area contributed by atoms with Gasteiger partial charge in [0.05, 0.1) is 5.60 Å². The molecular formula is C18H35NO. The van der Waals surface area contributed by atoms with Crippen LogP contribution in [-0.4, -0.2) is 24.3 Å². The van der Waals surface area contributed by atoms with Gasteiger partial charge in [0.15, 0.2) is 0 Å². The van der Waals surface area contributed by atoms with Crippen molar-refractivity contribution in [2.75, 3.05) is 6.61 Å². The van der Waals surface area contributed by atoms with Gasteiger partial charge in [0, 0.05) is 18.7 Å². The predicted octanol–water partition coefficient (Wildman–Crippen LogP) is 4.53. The molecule has 1 aliphatic heterocycles. The molecule has 2 nitrogen and oxygen atoms in total. The quantitative estimate of drug-likeness (QED) is 0.817. The average molecular weight is 281 g/mol. The van der Waals surface area contributed by atoms with Gasteiger partial charge in [-0.25, -0.2) is 0 Å². The number of hydrogen-bond acceptors (Lipinski definition) is 2. The summed E-state index contributed by atoms with van der Waals surface area (Å²) in [5.41, 5.74) is 0.652. The zero-order valence-corrected chi connectivity index (χ0v) is 14.3. The van der Waals surface area contributed by atoms with Crippen LogP contribution in [0.15, 0.2) is 0 Å². The molecule has 0 radical (unpaired) electrons. The molecular weight excluding hydrogens is 246 g/mol. The molecule has 1 heterocycles. The lowest BCUT2D eigenvalue weighted by molar-refractivity contribution is -0.0951. The Hall–Kier alpha value is -0.0800. The highest BCUT2D eigenvalue weighted by Crippen LogP contribution is 2.39. The second-order valence-electron chi connectivity index (χ2n) is 8.21. The monoisotopic (exact) mass is 281 g/mol. The van der Waals surface area contributed by atoms with Gasteiger partial charge in [-0.1, -0.05) is 34.6 Å². The van der Waals surface area contributed by atoms with E-state index in [0.717, 1.165) is 25.4 Å². The fourth-order valence-corrected chi connectivity index (χ4v) is 4.72. The zero-order valence-electron chi connectivity index (χ0n) is 14.3. The van der Waals surface area contributed by atoms with Crippen molar-refractivity contribution in [2.45, 2.75) is 97.2 Å². The molecule has 20 heavy (non-hydrogen) atoms. The van der Waals surface area contributed by atoms with E-state index < -0.39 is 0 Å². The largest absolute Gasteiger partial charge is 0.375 e. The van der Waals surface area contributed by atoms with Crippen LogP contribution < -0.4 is 5.32 Å². The van der Waals surface area contributed by atoms with Gasteiger partial charge in [-0.3, -0.25) is 0 Å². The summed E-state index contributed by atoms with van der Waals surface area (Å²) in [6.07, 6.45) is 8.75. The van der Waals surface area contributed by atoms with Crippen molar-refractivity contribution in [3.05, 3.63) is 0 Å². The molecule has 0 aromatic heterocycles. The zero-order chi connectivity index (χ0) is 14.8. The van der Waals surface area contributed by atoms with Crippen molar-refractivity contribution < 1.29 is 4.74 Å². The maximum absolute atomic E-state index is 6.11. The third-order valence-corrected chi connectivity index (χ3v) is 5.64. The lowest BCUT2D eigenvalue weighted by Crippen LogP contribution is -2.51. The first-order chi connectivity index (χ1) is 9.38. The van der Waals surface area contributed by atoms with E-state index in [0.29, 0.717) is 17.5 Å². The first-order valence-corrected chi connectivity index (χ1v) is 8.78. The smallest absolute Gasteiger partial charge is 0.0692 e. The fourth-order valence-electron chi connectivity index (χ4n) is 4.72. The van der Waals surface area contributed by atoms with E-state index in [4.69, 9.17) is 4.74 Å². The standard InChI is InChI=1S/C18H35NO/c1-6-18(7-2)13-15(8-9-20-18)19-16-10-14(3)11-17(4,5)12-16/h14-16,19H,6-13H2,1-5H3. The van der Waals surface area contributed by atoms with Gasteiger partial charge in [-0.2, -0.15) is 0 Å². The Balaban J connectivity index is 1.92. The van der Waals surface area contributed by atoms with Crippen LogP contribution in [0.25, 0.3) is 0 Å². The molecule has 1 aliphatic carbocycles. The molecule has 0 amide bonds. The highest BCUT2D eigenvalue weighted by Gasteiger charge is 2.37. The number of ether oxygens (including phenoxy) is 1. The molecule has 2 fully saturated rings. The van der Waals surface area contributed by atoms with E-state index in [1.165, 1.54) is 32.1 Å². The highest BCUT2D eigenvalue weighted by atomic mass is 16.5. The number of hydrogen-bond donors (Lipinski definition) is 1. The van der Waals surface area contributed by atoms with Crippen molar-refractivity contribution in [3.8, 4) is 0 Å². The lowest BCUT2D eigenvalue weighted by atomic mass is 9.70. The van der Waals surface area contributed by atoms with E-state index in [2.05, 4.69) is 39.9 Å². The summed E-state index contributed by atoms with van der Waals surface area (Å²) in [5, 5.41) is 3.99. The molecule has 1 saturated heterocycles. The second-order valence-corrected chi connectivity index (χ2v) is 8.21. The summed E-state index contributed by atoms with van der Waals surface area (Å²) in [4.78, 5) is 0. The van der Waals surface area contributed by atoms with Gasteiger partial charge in [-0.05, 0) is 56.3 Å².